The van der Waals surface area contributed by atoms with Crippen LogP contribution in [0.3, 0.4) is 0 Å². The summed E-state index contributed by atoms with van der Waals surface area (Å²) >= 11 is 0. The molecule has 0 saturated heterocycles. The van der Waals surface area contributed by atoms with Crippen molar-refractivity contribution < 1.29 is 17.9 Å². The second kappa shape index (κ2) is 7.16. The number of amides is 1. The lowest BCUT2D eigenvalue weighted by molar-refractivity contribution is 0.0220. The number of nitrogens with one attached hydrogen (secondary N) is 2. The number of sulfonamides is 1. The average Bonchev–Trinajstić information content (AvgIpc) is 3.01. The predicted octanol–water partition coefficient (Wildman–Crippen LogP) is 2.78. The van der Waals surface area contributed by atoms with Crippen molar-refractivity contribution in [1.82, 2.24) is 9.97 Å². The van der Waals surface area contributed by atoms with Crippen LogP contribution in [0.2, 0.25) is 0 Å². The van der Waals surface area contributed by atoms with E-state index < -0.39 is 16.1 Å². The standard InChI is InChI=1S/C19H20N4O4S/c20-19(24)27-14-8-12(9-14)10-18-21-16-7-6-13(11-17(16)22-18)23-28(25,26)15-4-2-1-3-5-15/h1-7,11-12,14,23H,8-10H2,(H2,20,24)(H,21,22). The molecule has 1 aliphatic carbocycles. The van der Waals surface area contributed by atoms with Crippen LogP contribution >= 0.6 is 0 Å². The Hall–Kier alpha value is -3.07. The van der Waals surface area contributed by atoms with Gasteiger partial charge in [-0.2, -0.15) is 0 Å². The molecule has 0 bridgehead atoms. The van der Waals surface area contributed by atoms with Gasteiger partial charge in [-0.05, 0) is 49.1 Å². The number of carbonyl (C=O) groups excluding carboxylic acids is 1. The zero-order valence-corrected chi connectivity index (χ0v) is 15.8. The summed E-state index contributed by atoms with van der Waals surface area (Å²) in [6.45, 7) is 0. The maximum absolute atomic E-state index is 12.5. The van der Waals surface area contributed by atoms with E-state index in [0.717, 1.165) is 36.1 Å². The van der Waals surface area contributed by atoms with Gasteiger partial charge in [0.25, 0.3) is 10.0 Å². The molecule has 1 fully saturated rings. The smallest absolute Gasteiger partial charge is 0.404 e. The average molecular weight is 400 g/mol. The van der Waals surface area contributed by atoms with E-state index >= 15 is 0 Å². The number of carbonyl (C=O) groups is 1. The van der Waals surface area contributed by atoms with Gasteiger partial charge in [0.05, 0.1) is 21.6 Å². The first kappa shape index (κ1) is 18.3. The Labute approximate surface area is 162 Å². The zero-order valence-electron chi connectivity index (χ0n) is 15.0. The number of primary amides is 1. The Morgan fingerprint density at radius 2 is 1.96 bits per heavy atom. The third kappa shape index (κ3) is 3.94. The van der Waals surface area contributed by atoms with E-state index in [1.165, 1.54) is 0 Å². The number of nitrogens with two attached hydrogens (primary N) is 1. The number of hydrogen-bond donors (Lipinski definition) is 3. The quantitative estimate of drug-likeness (QED) is 0.586. The molecule has 4 N–H and O–H groups in total. The van der Waals surface area contributed by atoms with Crippen LogP contribution < -0.4 is 10.5 Å². The lowest BCUT2D eigenvalue weighted by Crippen LogP contribution is -2.36. The van der Waals surface area contributed by atoms with Crippen LogP contribution in [0.5, 0.6) is 0 Å². The first-order chi connectivity index (χ1) is 13.4. The summed E-state index contributed by atoms with van der Waals surface area (Å²) < 4.78 is 32.5. The van der Waals surface area contributed by atoms with Gasteiger partial charge in [0.15, 0.2) is 0 Å². The van der Waals surface area contributed by atoms with Crippen molar-refractivity contribution in [2.24, 2.45) is 11.7 Å². The fourth-order valence-corrected chi connectivity index (χ4v) is 4.48. The minimum absolute atomic E-state index is 0.106. The number of rotatable bonds is 6. The molecule has 1 heterocycles. The molecule has 1 saturated carbocycles. The van der Waals surface area contributed by atoms with Gasteiger partial charge in [-0.3, -0.25) is 4.72 Å². The number of hydrogen-bond acceptors (Lipinski definition) is 5. The first-order valence-corrected chi connectivity index (χ1v) is 10.4. The molecule has 0 radical (unpaired) electrons. The molecule has 9 heteroatoms. The van der Waals surface area contributed by atoms with Crippen molar-refractivity contribution >= 4 is 32.8 Å². The number of aromatic nitrogens is 2. The predicted molar refractivity (Wildman–Crippen MR) is 104 cm³/mol. The van der Waals surface area contributed by atoms with Gasteiger partial charge in [-0.1, -0.05) is 18.2 Å². The molecule has 0 atom stereocenters. The van der Waals surface area contributed by atoms with Crippen LogP contribution in [0.25, 0.3) is 11.0 Å². The van der Waals surface area contributed by atoms with Crippen molar-refractivity contribution in [3.05, 3.63) is 54.4 Å². The largest absolute Gasteiger partial charge is 0.446 e. The van der Waals surface area contributed by atoms with E-state index in [4.69, 9.17) is 10.5 Å². The van der Waals surface area contributed by atoms with Gasteiger partial charge >= 0.3 is 6.09 Å². The lowest BCUT2D eigenvalue weighted by atomic mass is 9.80. The van der Waals surface area contributed by atoms with Gasteiger partial charge in [0, 0.05) is 6.42 Å². The second-order valence-electron chi connectivity index (χ2n) is 6.93. The molecule has 146 valence electrons. The number of aromatic amines is 1. The molecule has 3 aromatic rings. The zero-order chi connectivity index (χ0) is 19.7. The van der Waals surface area contributed by atoms with E-state index in [1.54, 1.807) is 48.5 Å². The second-order valence-corrected chi connectivity index (χ2v) is 8.62. The SMILES string of the molecule is NC(=O)OC1CC(Cc2nc3ccc(NS(=O)(=O)c4ccccc4)cc3[nH]2)C1. The molecule has 8 nitrogen and oxygen atoms in total. The molecule has 0 aliphatic heterocycles. The Balaban J connectivity index is 1.45. The maximum Gasteiger partial charge on any atom is 0.404 e. The number of benzene rings is 2. The van der Waals surface area contributed by atoms with E-state index in [-0.39, 0.29) is 11.0 Å². The molecule has 2 aromatic carbocycles. The fourth-order valence-electron chi connectivity index (χ4n) is 3.41. The number of ether oxygens (including phenoxy) is 1. The van der Waals surface area contributed by atoms with Gasteiger partial charge < -0.3 is 15.5 Å². The van der Waals surface area contributed by atoms with E-state index in [9.17, 15) is 13.2 Å². The summed E-state index contributed by atoms with van der Waals surface area (Å²) in [4.78, 5) is 18.7. The van der Waals surface area contributed by atoms with Gasteiger partial charge in [0.1, 0.15) is 11.9 Å². The van der Waals surface area contributed by atoms with Crippen molar-refractivity contribution in [3.63, 3.8) is 0 Å². The van der Waals surface area contributed by atoms with Crippen LogP contribution in [0.4, 0.5) is 10.5 Å². The number of imidazole rings is 1. The molecule has 0 spiro atoms. The molecule has 1 aromatic heterocycles. The maximum atomic E-state index is 12.5. The van der Waals surface area contributed by atoms with Crippen LogP contribution in [0.1, 0.15) is 18.7 Å². The van der Waals surface area contributed by atoms with Crippen molar-refractivity contribution in [1.29, 1.82) is 0 Å². The summed E-state index contributed by atoms with van der Waals surface area (Å²) in [6.07, 6.45) is 1.42. The molecule has 0 unspecified atom stereocenters. The Morgan fingerprint density at radius 3 is 2.68 bits per heavy atom. The lowest BCUT2D eigenvalue weighted by Gasteiger charge is -2.33. The van der Waals surface area contributed by atoms with Gasteiger partial charge in [0.2, 0.25) is 0 Å². The molecule has 28 heavy (non-hydrogen) atoms. The summed E-state index contributed by atoms with van der Waals surface area (Å²) in [5.74, 6) is 1.20. The Morgan fingerprint density at radius 1 is 1.21 bits per heavy atom. The third-order valence-electron chi connectivity index (χ3n) is 4.79. The number of anilines is 1. The highest BCUT2D eigenvalue weighted by atomic mass is 32.2. The fraction of sp³-hybridized carbons (Fsp3) is 0.263. The highest BCUT2D eigenvalue weighted by molar-refractivity contribution is 7.92. The number of fused-ring (bicyclic) bond motifs is 1. The van der Waals surface area contributed by atoms with Crippen LogP contribution in [-0.2, 0) is 21.2 Å². The number of H-pyrrole nitrogens is 1. The van der Waals surface area contributed by atoms with Crippen molar-refractivity contribution in [2.75, 3.05) is 4.72 Å². The van der Waals surface area contributed by atoms with Crippen molar-refractivity contribution in [2.45, 2.75) is 30.3 Å². The summed E-state index contributed by atoms with van der Waals surface area (Å²) in [7, 11) is -3.64. The summed E-state index contributed by atoms with van der Waals surface area (Å²) in [6, 6.07) is 13.4. The van der Waals surface area contributed by atoms with Gasteiger partial charge in [-0.15, -0.1) is 0 Å². The van der Waals surface area contributed by atoms with Crippen LogP contribution in [0, 0.1) is 5.92 Å². The molecular weight excluding hydrogens is 380 g/mol. The van der Waals surface area contributed by atoms with Crippen LogP contribution in [-0.4, -0.2) is 30.6 Å². The van der Waals surface area contributed by atoms with Crippen LogP contribution in [0.15, 0.2) is 53.4 Å². The molecule has 1 amide bonds. The highest BCUT2D eigenvalue weighted by Crippen LogP contribution is 2.33. The molecule has 1 aliphatic rings. The summed E-state index contributed by atoms with van der Waals surface area (Å²) in [5.41, 5.74) is 7.00. The first-order valence-electron chi connectivity index (χ1n) is 8.91. The van der Waals surface area contributed by atoms with E-state index in [1.807, 2.05) is 0 Å². The summed E-state index contributed by atoms with van der Waals surface area (Å²) in [5, 5.41) is 0. The molecular formula is C19H20N4O4S. The highest BCUT2D eigenvalue weighted by Gasteiger charge is 2.32. The van der Waals surface area contributed by atoms with E-state index in [2.05, 4.69) is 14.7 Å². The minimum atomic E-state index is -3.64. The monoisotopic (exact) mass is 400 g/mol. The molecule has 4 rings (SSSR count). The third-order valence-corrected chi connectivity index (χ3v) is 6.19. The Bertz CT molecular complexity index is 1110. The number of nitrogens with zero attached hydrogens (tertiary/aromatic N) is 1. The topological polar surface area (TPSA) is 127 Å². The minimum Gasteiger partial charge on any atom is -0.446 e. The Kier molecular flexibility index (Phi) is 4.68. The van der Waals surface area contributed by atoms with E-state index in [0.29, 0.717) is 11.6 Å². The van der Waals surface area contributed by atoms with Crippen molar-refractivity contribution in [3.8, 4) is 0 Å². The van der Waals surface area contributed by atoms with Gasteiger partial charge in [-0.25, -0.2) is 18.2 Å². The normalized spacial score (nSPS) is 19.1.